The molecule has 0 radical (unpaired) electrons. The van der Waals surface area contributed by atoms with Crippen molar-refractivity contribution in [1.29, 1.82) is 0 Å². The lowest BCUT2D eigenvalue weighted by Crippen LogP contribution is -2.45. The summed E-state index contributed by atoms with van der Waals surface area (Å²) in [5.41, 5.74) is 1.49. The van der Waals surface area contributed by atoms with E-state index in [9.17, 15) is 14.0 Å². The predicted molar refractivity (Wildman–Crippen MR) is 89.8 cm³/mol. The molecule has 1 aromatic heterocycles. The van der Waals surface area contributed by atoms with Gasteiger partial charge in [-0.15, -0.1) is 0 Å². The van der Waals surface area contributed by atoms with E-state index in [0.29, 0.717) is 37.0 Å². The molecular weight excluding hydrogens is 327 g/mol. The first kappa shape index (κ1) is 17.4. The minimum absolute atomic E-state index is 0.0115. The molecule has 25 heavy (non-hydrogen) atoms. The molecule has 3 rings (SSSR count). The molecular formula is C18H21FN2O4. The van der Waals surface area contributed by atoms with Crippen molar-refractivity contribution in [3.8, 4) is 0 Å². The molecule has 1 aromatic carbocycles. The van der Waals surface area contributed by atoms with Crippen LogP contribution in [0.15, 0.2) is 24.4 Å². The van der Waals surface area contributed by atoms with Gasteiger partial charge in [-0.25, -0.2) is 4.39 Å². The number of hydrogen-bond acceptors (Lipinski definition) is 3. The van der Waals surface area contributed by atoms with Crippen molar-refractivity contribution in [2.24, 2.45) is 0 Å². The fourth-order valence-corrected chi connectivity index (χ4v) is 3.29. The Morgan fingerprint density at radius 3 is 2.80 bits per heavy atom. The summed E-state index contributed by atoms with van der Waals surface area (Å²) in [6.45, 7) is 1.31. The van der Waals surface area contributed by atoms with Crippen LogP contribution in [-0.4, -0.2) is 52.7 Å². The van der Waals surface area contributed by atoms with E-state index in [1.807, 2.05) is 0 Å². The van der Waals surface area contributed by atoms with E-state index in [1.165, 1.54) is 12.1 Å². The Kier molecular flexibility index (Phi) is 5.33. The Labute approximate surface area is 144 Å². The van der Waals surface area contributed by atoms with Gasteiger partial charge in [0, 0.05) is 42.9 Å². The summed E-state index contributed by atoms with van der Waals surface area (Å²) in [7, 11) is 0. The highest BCUT2D eigenvalue weighted by Gasteiger charge is 2.26. The first-order valence-electron chi connectivity index (χ1n) is 8.39. The van der Waals surface area contributed by atoms with Crippen LogP contribution in [0.4, 0.5) is 4.39 Å². The highest BCUT2D eigenvalue weighted by Crippen LogP contribution is 2.22. The molecule has 2 heterocycles. The molecule has 6 nitrogen and oxygen atoms in total. The maximum Gasteiger partial charge on any atom is 0.305 e. The van der Waals surface area contributed by atoms with Gasteiger partial charge in [-0.3, -0.25) is 9.59 Å². The van der Waals surface area contributed by atoms with E-state index in [1.54, 1.807) is 17.2 Å². The topological polar surface area (TPSA) is 82.6 Å². The van der Waals surface area contributed by atoms with Crippen molar-refractivity contribution >= 4 is 22.8 Å². The quantitative estimate of drug-likeness (QED) is 0.839. The summed E-state index contributed by atoms with van der Waals surface area (Å²) in [5, 5.41) is 9.64. The maximum atomic E-state index is 13.5. The summed E-state index contributed by atoms with van der Waals surface area (Å²) in [6.07, 6.45) is 3.13. The zero-order valence-corrected chi connectivity index (χ0v) is 13.8. The van der Waals surface area contributed by atoms with Crippen molar-refractivity contribution < 1.29 is 23.8 Å². The van der Waals surface area contributed by atoms with Crippen LogP contribution in [0.1, 0.15) is 24.8 Å². The van der Waals surface area contributed by atoms with Crippen molar-refractivity contribution in [1.82, 2.24) is 9.88 Å². The third-order valence-corrected chi connectivity index (χ3v) is 4.59. The highest BCUT2D eigenvalue weighted by atomic mass is 19.1. The molecule has 1 saturated heterocycles. The number of ether oxygens (including phenoxy) is 1. The Balaban J connectivity index is 1.78. The molecule has 1 fully saturated rings. The van der Waals surface area contributed by atoms with E-state index in [2.05, 4.69) is 4.98 Å². The maximum absolute atomic E-state index is 13.5. The Hall–Kier alpha value is -2.41. The summed E-state index contributed by atoms with van der Waals surface area (Å²) in [4.78, 5) is 28.5. The first-order valence-corrected chi connectivity index (χ1v) is 8.39. The number of fused-ring (bicyclic) bond motifs is 1. The predicted octanol–water partition coefficient (Wildman–Crippen LogP) is 2.33. The second-order valence-electron chi connectivity index (χ2n) is 6.26. The van der Waals surface area contributed by atoms with Crippen molar-refractivity contribution in [2.75, 3.05) is 19.8 Å². The fourth-order valence-electron chi connectivity index (χ4n) is 3.29. The van der Waals surface area contributed by atoms with Crippen LogP contribution in [0.5, 0.6) is 0 Å². The number of rotatable bonds is 6. The van der Waals surface area contributed by atoms with Gasteiger partial charge in [0.2, 0.25) is 5.91 Å². The van der Waals surface area contributed by atoms with Gasteiger partial charge in [0.05, 0.1) is 12.8 Å². The first-order chi connectivity index (χ1) is 12.0. The van der Waals surface area contributed by atoms with Crippen molar-refractivity contribution in [2.45, 2.75) is 31.7 Å². The van der Waals surface area contributed by atoms with Crippen LogP contribution >= 0.6 is 0 Å². The van der Waals surface area contributed by atoms with Gasteiger partial charge < -0.3 is 19.7 Å². The molecule has 7 heteroatoms. The van der Waals surface area contributed by atoms with Crippen LogP contribution in [0.2, 0.25) is 0 Å². The number of carbonyl (C=O) groups is 2. The number of aromatic amines is 1. The van der Waals surface area contributed by atoms with Crippen LogP contribution in [0, 0.1) is 5.82 Å². The SMILES string of the molecule is O=C(O)CCN(C(=O)Cc1c[nH]c2ccc(F)cc12)C1CCOCC1. The van der Waals surface area contributed by atoms with Gasteiger partial charge in [-0.05, 0) is 36.6 Å². The van der Waals surface area contributed by atoms with Gasteiger partial charge >= 0.3 is 5.97 Å². The molecule has 0 unspecified atom stereocenters. The monoisotopic (exact) mass is 348 g/mol. The number of aliphatic carboxylic acids is 1. The largest absolute Gasteiger partial charge is 0.481 e. The third-order valence-electron chi connectivity index (χ3n) is 4.59. The number of amides is 1. The Morgan fingerprint density at radius 1 is 1.32 bits per heavy atom. The standard InChI is InChI=1S/C18H21FN2O4/c19-13-1-2-16-15(10-13)12(11-20-16)9-17(22)21(6-3-18(23)24)14-4-7-25-8-5-14/h1-2,10-11,14,20H,3-9H2,(H,23,24). The van der Waals surface area contributed by atoms with E-state index in [0.717, 1.165) is 5.52 Å². The number of nitrogens with one attached hydrogen (secondary N) is 1. The summed E-state index contributed by atoms with van der Waals surface area (Å²) in [6, 6.07) is 4.40. The van der Waals surface area contributed by atoms with Crippen molar-refractivity contribution in [3.63, 3.8) is 0 Å². The smallest absolute Gasteiger partial charge is 0.305 e. The molecule has 2 aromatic rings. The Morgan fingerprint density at radius 2 is 2.08 bits per heavy atom. The van der Waals surface area contributed by atoms with Gasteiger partial charge in [0.1, 0.15) is 5.82 Å². The number of carbonyl (C=O) groups excluding carboxylic acids is 1. The molecule has 0 spiro atoms. The summed E-state index contributed by atoms with van der Waals surface area (Å²) in [5.74, 6) is -1.43. The molecule has 0 saturated carbocycles. The van der Waals surface area contributed by atoms with Crippen LogP contribution in [0.3, 0.4) is 0 Å². The average Bonchev–Trinajstić information content (AvgIpc) is 2.98. The number of nitrogens with zero attached hydrogens (tertiary/aromatic N) is 1. The molecule has 2 N–H and O–H groups in total. The number of H-pyrrole nitrogens is 1. The number of hydrogen-bond donors (Lipinski definition) is 2. The molecule has 1 amide bonds. The van der Waals surface area contributed by atoms with Gasteiger partial charge in [0.15, 0.2) is 0 Å². The van der Waals surface area contributed by atoms with Crippen molar-refractivity contribution in [3.05, 3.63) is 35.8 Å². The van der Waals surface area contributed by atoms with Crippen LogP contribution in [-0.2, 0) is 20.7 Å². The normalized spacial score (nSPS) is 15.4. The number of carboxylic acids is 1. The third kappa shape index (κ3) is 4.17. The van der Waals surface area contributed by atoms with E-state index in [4.69, 9.17) is 9.84 Å². The Bertz CT molecular complexity index is 768. The van der Waals surface area contributed by atoms with Crippen LogP contribution in [0.25, 0.3) is 10.9 Å². The molecule has 0 bridgehead atoms. The molecule has 134 valence electrons. The zero-order chi connectivity index (χ0) is 17.8. The molecule has 0 aliphatic carbocycles. The lowest BCUT2D eigenvalue weighted by atomic mass is 10.0. The van der Waals surface area contributed by atoms with Gasteiger partial charge in [0.25, 0.3) is 0 Å². The minimum Gasteiger partial charge on any atom is -0.481 e. The van der Waals surface area contributed by atoms with E-state index in [-0.39, 0.29) is 37.2 Å². The van der Waals surface area contributed by atoms with Crippen LogP contribution < -0.4 is 0 Å². The number of carboxylic acid groups (broad SMARTS) is 1. The number of aromatic nitrogens is 1. The van der Waals surface area contributed by atoms with E-state index >= 15 is 0 Å². The zero-order valence-electron chi connectivity index (χ0n) is 13.8. The lowest BCUT2D eigenvalue weighted by Gasteiger charge is -2.34. The second kappa shape index (κ2) is 7.65. The number of benzene rings is 1. The van der Waals surface area contributed by atoms with E-state index < -0.39 is 5.97 Å². The van der Waals surface area contributed by atoms with Gasteiger partial charge in [-0.1, -0.05) is 0 Å². The lowest BCUT2D eigenvalue weighted by molar-refractivity contribution is -0.140. The van der Waals surface area contributed by atoms with Gasteiger partial charge in [-0.2, -0.15) is 0 Å². The summed E-state index contributed by atoms with van der Waals surface area (Å²) < 4.78 is 18.8. The average molecular weight is 348 g/mol. The molecule has 1 aliphatic rings. The molecule has 1 aliphatic heterocycles. The highest BCUT2D eigenvalue weighted by molar-refractivity contribution is 5.89. The summed E-state index contributed by atoms with van der Waals surface area (Å²) >= 11 is 0. The minimum atomic E-state index is -0.931. The number of halogens is 1. The fraction of sp³-hybridized carbons (Fsp3) is 0.444. The second-order valence-corrected chi connectivity index (χ2v) is 6.26. The molecule has 0 atom stereocenters.